The first kappa shape index (κ1) is 16.5. The van der Waals surface area contributed by atoms with Gasteiger partial charge < -0.3 is 10.4 Å². The first-order valence-electron chi connectivity index (χ1n) is 8.13. The fourth-order valence-electron chi connectivity index (χ4n) is 3.17. The van der Waals surface area contributed by atoms with Crippen molar-refractivity contribution >= 4 is 23.1 Å². The first-order valence-corrected chi connectivity index (χ1v) is 9.01. The summed E-state index contributed by atoms with van der Waals surface area (Å²) in [6, 6.07) is 7.69. The molecule has 26 heavy (non-hydrogen) atoms. The van der Waals surface area contributed by atoms with Crippen LogP contribution in [0.25, 0.3) is 11.4 Å². The van der Waals surface area contributed by atoms with E-state index in [-0.39, 0.29) is 18.4 Å². The maximum absolute atomic E-state index is 12.3. The van der Waals surface area contributed by atoms with E-state index in [0.29, 0.717) is 12.2 Å². The van der Waals surface area contributed by atoms with Gasteiger partial charge in [0.05, 0.1) is 5.69 Å². The van der Waals surface area contributed by atoms with Gasteiger partial charge in [-0.05, 0) is 18.2 Å². The highest BCUT2D eigenvalue weighted by Crippen LogP contribution is 2.43. The third-order valence-corrected chi connectivity index (χ3v) is 5.31. The number of thiophene rings is 1. The average molecular weight is 364 g/mol. The molecule has 0 fully saturated rings. The predicted octanol–water partition coefficient (Wildman–Crippen LogP) is 2.36. The Morgan fingerprint density at radius 1 is 1.46 bits per heavy atom. The molecule has 0 radical (unpaired) electrons. The van der Waals surface area contributed by atoms with Gasteiger partial charge in [-0.25, -0.2) is 0 Å². The molecule has 0 saturated heterocycles. The number of aromatic nitrogens is 3. The van der Waals surface area contributed by atoms with Crippen LogP contribution in [0.2, 0.25) is 0 Å². The van der Waals surface area contributed by atoms with Gasteiger partial charge in [-0.15, -0.1) is 11.3 Å². The highest BCUT2D eigenvalue weighted by molar-refractivity contribution is 7.10. The maximum Gasteiger partial charge on any atom is 0.226 e. The van der Waals surface area contributed by atoms with Crippen molar-refractivity contribution in [3.8, 4) is 23.2 Å². The van der Waals surface area contributed by atoms with E-state index in [4.69, 9.17) is 5.11 Å². The topological polar surface area (TPSA) is 80.0 Å². The average Bonchev–Trinajstić information content (AvgIpc) is 3.25. The Hall–Kier alpha value is -2.95. The lowest BCUT2D eigenvalue weighted by molar-refractivity contribution is -0.116. The highest BCUT2D eigenvalue weighted by Gasteiger charge is 2.34. The van der Waals surface area contributed by atoms with Crippen molar-refractivity contribution in [2.75, 3.05) is 11.9 Å². The van der Waals surface area contributed by atoms with Gasteiger partial charge in [-0.3, -0.25) is 14.5 Å². The largest absolute Gasteiger partial charge is 0.384 e. The normalized spacial score (nSPS) is 15.8. The van der Waals surface area contributed by atoms with Crippen molar-refractivity contribution in [3.63, 3.8) is 0 Å². The van der Waals surface area contributed by atoms with Crippen LogP contribution in [0.4, 0.5) is 5.82 Å². The standard InChI is InChI=1S/C19H16N4O2S/c1-23-19-17(18(22-23)14-6-2-3-7-20-14)13(10-16(25)21-19)15-9-12(11-26-15)5-4-8-24/h2-3,6-7,9,11,13,24H,8,10H2,1H3,(H,21,25)/t13-/m1/s1. The lowest BCUT2D eigenvalue weighted by Gasteiger charge is -2.23. The van der Waals surface area contributed by atoms with Gasteiger partial charge in [0.1, 0.15) is 18.1 Å². The van der Waals surface area contributed by atoms with E-state index in [1.807, 2.05) is 36.7 Å². The molecule has 1 atom stereocenters. The van der Waals surface area contributed by atoms with Crippen molar-refractivity contribution < 1.29 is 9.90 Å². The number of aliphatic hydroxyl groups excluding tert-OH is 1. The van der Waals surface area contributed by atoms with Crippen molar-refractivity contribution in [2.24, 2.45) is 7.05 Å². The molecule has 0 aromatic carbocycles. The summed E-state index contributed by atoms with van der Waals surface area (Å²) in [5.41, 5.74) is 3.39. The minimum absolute atomic E-state index is 0.0329. The predicted molar refractivity (Wildman–Crippen MR) is 99.8 cm³/mol. The number of hydrogen-bond donors (Lipinski definition) is 2. The summed E-state index contributed by atoms with van der Waals surface area (Å²) >= 11 is 1.56. The fourth-order valence-corrected chi connectivity index (χ4v) is 4.12. The molecule has 0 saturated carbocycles. The van der Waals surface area contributed by atoms with E-state index >= 15 is 0 Å². The van der Waals surface area contributed by atoms with Crippen LogP contribution in [0, 0.1) is 11.8 Å². The second-order valence-corrected chi connectivity index (χ2v) is 6.89. The Morgan fingerprint density at radius 3 is 3.12 bits per heavy atom. The van der Waals surface area contributed by atoms with E-state index in [1.165, 1.54) is 0 Å². The SMILES string of the molecule is Cn1nc(-c2ccccn2)c2c1NC(=O)C[C@@H]2c1cc(C#CCO)cs1. The van der Waals surface area contributed by atoms with E-state index in [0.717, 1.165) is 27.4 Å². The number of hydrogen-bond acceptors (Lipinski definition) is 5. The van der Waals surface area contributed by atoms with Crippen molar-refractivity contribution in [2.45, 2.75) is 12.3 Å². The second-order valence-electron chi connectivity index (χ2n) is 5.95. The molecule has 0 unspecified atom stereocenters. The molecular formula is C19H16N4O2S. The summed E-state index contributed by atoms with van der Waals surface area (Å²) in [5, 5.41) is 18.4. The van der Waals surface area contributed by atoms with E-state index in [9.17, 15) is 4.79 Å². The van der Waals surface area contributed by atoms with Crippen LogP contribution in [0.5, 0.6) is 0 Å². The molecule has 6 nitrogen and oxygen atoms in total. The summed E-state index contributed by atoms with van der Waals surface area (Å²) in [5.74, 6) is 6.15. The number of anilines is 1. The molecule has 130 valence electrons. The number of aliphatic hydroxyl groups is 1. The van der Waals surface area contributed by atoms with E-state index in [2.05, 4.69) is 27.2 Å². The zero-order chi connectivity index (χ0) is 18.1. The van der Waals surface area contributed by atoms with Crippen LogP contribution < -0.4 is 5.32 Å². The molecule has 1 amide bonds. The number of carbonyl (C=O) groups is 1. The third kappa shape index (κ3) is 2.90. The van der Waals surface area contributed by atoms with Gasteiger partial charge >= 0.3 is 0 Å². The number of pyridine rings is 1. The van der Waals surface area contributed by atoms with Gasteiger partial charge in [0.2, 0.25) is 5.91 Å². The minimum Gasteiger partial charge on any atom is -0.384 e. The molecule has 0 aliphatic carbocycles. The summed E-state index contributed by atoms with van der Waals surface area (Å²) in [7, 11) is 1.82. The van der Waals surface area contributed by atoms with Crippen LogP contribution in [0.1, 0.15) is 28.3 Å². The molecule has 7 heteroatoms. The summed E-state index contributed by atoms with van der Waals surface area (Å²) in [6.07, 6.45) is 2.09. The first-order chi connectivity index (χ1) is 12.7. The molecule has 4 rings (SSSR count). The molecule has 3 aromatic rings. The van der Waals surface area contributed by atoms with E-state index < -0.39 is 0 Å². The van der Waals surface area contributed by atoms with Gasteiger partial charge in [0, 0.05) is 47.0 Å². The molecular weight excluding hydrogens is 348 g/mol. The number of carbonyl (C=O) groups excluding carboxylic acids is 1. The zero-order valence-corrected chi connectivity index (χ0v) is 14.9. The molecule has 3 aromatic heterocycles. The zero-order valence-electron chi connectivity index (χ0n) is 14.1. The number of rotatable bonds is 2. The van der Waals surface area contributed by atoms with Crippen molar-refractivity contribution in [1.82, 2.24) is 14.8 Å². The van der Waals surface area contributed by atoms with Crippen LogP contribution in [0.3, 0.4) is 0 Å². The Labute approximate surface area is 154 Å². The Balaban J connectivity index is 1.84. The number of aryl methyl sites for hydroxylation is 1. The van der Waals surface area contributed by atoms with Crippen LogP contribution in [0.15, 0.2) is 35.8 Å². The van der Waals surface area contributed by atoms with Gasteiger partial charge in [-0.1, -0.05) is 17.9 Å². The van der Waals surface area contributed by atoms with E-state index in [1.54, 1.807) is 22.2 Å². The quantitative estimate of drug-likeness (QED) is 0.684. The monoisotopic (exact) mass is 364 g/mol. The number of amides is 1. The van der Waals surface area contributed by atoms with Gasteiger partial charge in [-0.2, -0.15) is 5.10 Å². The van der Waals surface area contributed by atoms with Crippen LogP contribution in [-0.2, 0) is 11.8 Å². The van der Waals surface area contributed by atoms with Crippen molar-refractivity contribution in [3.05, 3.63) is 51.8 Å². The number of nitrogens with one attached hydrogen (secondary N) is 1. The Kier molecular flexibility index (Phi) is 4.29. The molecule has 2 N–H and O–H groups in total. The minimum atomic E-state index is -0.173. The van der Waals surface area contributed by atoms with Crippen LogP contribution >= 0.6 is 11.3 Å². The summed E-state index contributed by atoms with van der Waals surface area (Å²) in [4.78, 5) is 17.7. The lowest BCUT2D eigenvalue weighted by Crippen LogP contribution is -2.24. The molecule has 1 aliphatic heterocycles. The second kappa shape index (κ2) is 6.75. The molecule has 0 bridgehead atoms. The Bertz CT molecular complexity index is 1030. The molecule has 4 heterocycles. The van der Waals surface area contributed by atoms with Gasteiger partial charge in [0.25, 0.3) is 0 Å². The number of nitrogens with zero attached hydrogens (tertiary/aromatic N) is 3. The smallest absolute Gasteiger partial charge is 0.226 e. The number of fused-ring (bicyclic) bond motifs is 1. The maximum atomic E-state index is 12.3. The summed E-state index contributed by atoms with van der Waals surface area (Å²) in [6.45, 7) is -0.173. The Morgan fingerprint density at radius 2 is 2.35 bits per heavy atom. The highest BCUT2D eigenvalue weighted by atomic mass is 32.1. The molecule has 0 spiro atoms. The van der Waals surface area contributed by atoms with Gasteiger partial charge in [0.15, 0.2) is 0 Å². The van der Waals surface area contributed by atoms with Crippen molar-refractivity contribution in [1.29, 1.82) is 0 Å². The summed E-state index contributed by atoms with van der Waals surface area (Å²) < 4.78 is 1.70. The fraction of sp³-hybridized carbons (Fsp3) is 0.211. The lowest BCUT2D eigenvalue weighted by atomic mass is 9.89. The van der Waals surface area contributed by atoms with Crippen LogP contribution in [-0.4, -0.2) is 32.4 Å². The third-order valence-electron chi connectivity index (χ3n) is 4.26. The molecule has 1 aliphatic rings.